The molecule has 2 heterocycles. The molecule has 0 saturated carbocycles. The first-order valence-corrected chi connectivity index (χ1v) is 11.0. The van der Waals surface area contributed by atoms with Gasteiger partial charge in [-0.25, -0.2) is 4.39 Å². The van der Waals surface area contributed by atoms with Crippen LogP contribution in [-0.2, 0) is 14.3 Å². The second kappa shape index (κ2) is 10.2. The molecular formula is C25H27FN2O6. The zero-order chi connectivity index (χ0) is 24.2. The Hall–Kier alpha value is -3.43. The zero-order valence-electron chi connectivity index (χ0n) is 19.1. The number of hydrogen-bond acceptors (Lipinski definition) is 7. The number of likely N-dealkylation sites (tertiary alicyclic amines) is 1. The fourth-order valence-corrected chi connectivity index (χ4v) is 4.32. The van der Waals surface area contributed by atoms with E-state index in [-0.39, 0.29) is 23.4 Å². The van der Waals surface area contributed by atoms with E-state index in [1.165, 1.54) is 43.4 Å². The molecule has 1 unspecified atom stereocenters. The van der Waals surface area contributed by atoms with Crippen molar-refractivity contribution in [2.45, 2.75) is 6.04 Å². The summed E-state index contributed by atoms with van der Waals surface area (Å²) in [6.45, 7) is 3.53. The molecule has 2 aliphatic rings. The summed E-state index contributed by atoms with van der Waals surface area (Å²) in [4.78, 5) is 29.9. The van der Waals surface area contributed by atoms with Crippen LogP contribution in [0.5, 0.6) is 11.5 Å². The molecule has 2 fully saturated rings. The molecule has 0 radical (unpaired) electrons. The second-order valence-corrected chi connectivity index (χ2v) is 8.07. The number of rotatable bonds is 7. The van der Waals surface area contributed by atoms with E-state index in [9.17, 15) is 19.1 Å². The number of aliphatic hydroxyl groups excluding tert-OH is 1. The van der Waals surface area contributed by atoms with Gasteiger partial charge in [-0.3, -0.25) is 14.5 Å². The Kier molecular flexibility index (Phi) is 7.14. The first kappa shape index (κ1) is 23.7. The standard InChI is InChI=1S/C25H27FN2O6/c1-32-19-8-5-17(15-20(19)33-2)22-21(23(29)16-3-6-18(26)7-4-16)24(30)25(31)28(22)10-9-27-11-13-34-14-12-27/h3-8,15,22,29H,9-14H2,1-2H3/b23-21+. The molecule has 1 N–H and O–H groups in total. The number of morpholine rings is 1. The molecular weight excluding hydrogens is 443 g/mol. The molecule has 180 valence electrons. The third-order valence-corrected chi connectivity index (χ3v) is 6.14. The fraction of sp³-hybridized carbons (Fsp3) is 0.360. The van der Waals surface area contributed by atoms with E-state index >= 15 is 0 Å². The quantitative estimate of drug-likeness (QED) is 0.378. The monoisotopic (exact) mass is 470 g/mol. The van der Waals surface area contributed by atoms with Crippen molar-refractivity contribution in [2.75, 3.05) is 53.6 Å². The Bertz CT molecular complexity index is 1100. The Morgan fingerprint density at radius 2 is 1.71 bits per heavy atom. The second-order valence-electron chi connectivity index (χ2n) is 8.07. The van der Waals surface area contributed by atoms with Gasteiger partial charge in [0.1, 0.15) is 11.6 Å². The van der Waals surface area contributed by atoms with Gasteiger partial charge in [-0.1, -0.05) is 6.07 Å². The van der Waals surface area contributed by atoms with Crippen LogP contribution in [0, 0.1) is 5.82 Å². The smallest absolute Gasteiger partial charge is 0.295 e. The number of hydrogen-bond donors (Lipinski definition) is 1. The summed E-state index contributed by atoms with van der Waals surface area (Å²) >= 11 is 0. The van der Waals surface area contributed by atoms with Gasteiger partial charge in [0.05, 0.1) is 39.0 Å². The molecule has 2 aromatic rings. The number of halogens is 1. The number of carbonyl (C=O) groups is 2. The first-order valence-electron chi connectivity index (χ1n) is 11.0. The highest BCUT2D eigenvalue weighted by atomic mass is 19.1. The SMILES string of the molecule is COc1ccc(C2/C(=C(\O)c3ccc(F)cc3)C(=O)C(=O)N2CCN2CCOCC2)cc1OC. The summed E-state index contributed by atoms with van der Waals surface area (Å²) in [7, 11) is 3.01. The zero-order valence-corrected chi connectivity index (χ0v) is 19.1. The number of aliphatic hydroxyl groups is 1. The largest absolute Gasteiger partial charge is 0.507 e. The molecule has 2 aliphatic heterocycles. The molecule has 2 saturated heterocycles. The molecule has 9 heteroatoms. The lowest BCUT2D eigenvalue weighted by molar-refractivity contribution is -0.140. The molecule has 4 rings (SSSR count). The van der Waals surface area contributed by atoms with Crippen LogP contribution in [0.4, 0.5) is 4.39 Å². The van der Waals surface area contributed by atoms with Crippen molar-refractivity contribution in [3.8, 4) is 11.5 Å². The minimum atomic E-state index is -0.842. The van der Waals surface area contributed by atoms with Crippen molar-refractivity contribution in [1.82, 2.24) is 9.80 Å². The van der Waals surface area contributed by atoms with Gasteiger partial charge in [0.25, 0.3) is 11.7 Å². The highest BCUT2D eigenvalue weighted by molar-refractivity contribution is 6.46. The third-order valence-electron chi connectivity index (χ3n) is 6.14. The summed E-state index contributed by atoms with van der Waals surface area (Å²) in [5.41, 5.74) is 0.784. The maximum Gasteiger partial charge on any atom is 0.295 e. The molecule has 0 spiro atoms. The van der Waals surface area contributed by atoms with Crippen LogP contribution in [-0.4, -0.2) is 80.2 Å². The van der Waals surface area contributed by atoms with E-state index in [0.29, 0.717) is 36.8 Å². The van der Waals surface area contributed by atoms with Crippen molar-refractivity contribution >= 4 is 17.4 Å². The number of Topliss-reactive ketones (excluding diaryl/α,β-unsaturated/α-hetero) is 1. The van der Waals surface area contributed by atoms with Crippen LogP contribution in [0.25, 0.3) is 5.76 Å². The summed E-state index contributed by atoms with van der Waals surface area (Å²) in [5, 5.41) is 11.1. The number of nitrogens with zero attached hydrogens (tertiary/aromatic N) is 2. The van der Waals surface area contributed by atoms with Crippen molar-refractivity contribution in [1.29, 1.82) is 0 Å². The van der Waals surface area contributed by atoms with Gasteiger partial charge in [-0.05, 0) is 42.0 Å². The highest BCUT2D eigenvalue weighted by Gasteiger charge is 2.46. The molecule has 2 aromatic carbocycles. The van der Waals surface area contributed by atoms with E-state index in [2.05, 4.69) is 4.90 Å². The third kappa shape index (κ3) is 4.62. The van der Waals surface area contributed by atoms with Crippen LogP contribution >= 0.6 is 0 Å². The van der Waals surface area contributed by atoms with Gasteiger partial charge >= 0.3 is 0 Å². The van der Waals surface area contributed by atoms with Crippen LogP contribution in [0.3, 0.4) is 0 Å². The minimum absolute atomic E-state index is 0.0502. The van der Waals surface area contributed by atoms with Crippen molar-refractivity contribution in [3.05, 3.63) is 65.0 Å². The van der Waals surface area contributed by atoms with Crippen LogP contribution < -0.4 is 9.47 Å². The van der Waals surface area contributed by atoms with Gasteiger partial charge < -0.3 is 24.2 Å². The maximum absolute atomic E-state index is 13.4. The number of ketones is 1. The Morgan fingerprint density at radius 1 is 1.03 bits per heavy atom. The number of amides is 1. The minimum Gasteiger partial charge on any atom is -0.507 e. The normalized spacial score (nSPS) is 20.6. The lowest BCUT2D eigenvalue weighted by atomic mass is 9.95. The molecule has 0 bridgehead atoms. The van der Waals surface area contributed by atoms with Crippen molar-refractivity contribution in [2.24, 2.45) is 0 Å². The fourth-order valence-electron chi connectivity index (χ4n) is 4.32. The number of carbonyl (C=O) groups excluding carboxylic acids is 2. The lowest BCUT2D eigenvalue weighted by Crippen LogP contribution is -2.42. The Morgan fingerprint density at radius 3 is 2.35 bits per heavy atom. The van der Waals surface area contributed by atoms with Gasteiger partial charge in [-0.15, -0.1) is 0 Å². The summed E-state index contributed by atoms with van der Waals surface area (Å²) < 4.78 is 29.6. The van der Waals surface area contributed by atoms with Crippen LogP contribution in [0.15, 0.2) is 48.0 Å². The number of methoxy groups -OCH3 is 2. The Labute approximate surface area is 197 Å². The van der Waals surface area contributed by atoms with E-state index in [1.807, 2.05) is 0 Å². The Balaban J connectivity index is 1.77. The molecule has 0 aromatic heterocycles. The van der Waals surface area contributed by atoms with E-state index < -0.39 is 23.5 Å². The van der Waals surface area contributed by atoms with Gasteiger partial charge in [0.2, 0.25) is 0 Å². The lowest BCUT2D eigenvalue weighted by Gasteiger charge is -2.31. The van der Waals surface area contributed by atoms with E-state index in [4.69, 9.17) is 14.2 Å². The van der Waals surface area contributed by atoms with E-state index in [1.54, 1.807) is 18.2 Å². The molecule has 0 aliphatic carbocycles. The van der Waals surface area contributed by atoms with E-state index in [0.717, 1.165) is 13.1 Å². The summed E-state index contributed by atoms with van der Waals surface area (Å²) in [5.74, 6) is -1.39. The summed E-state index contributed by atoms with van der Waals surface area (Å²) in [6.07, 6.45) is 0. The van der Waals surface area contributed by atoms with Crippen LogP contribution in [0.1, 0.15) is 17.2 Å². The van der Waals surface area contributed by atoms with Crippen molar-refractivity contribution in [3.63, 3.8) is 0 Å². The number of ether oxygens (including phenoxy) is 3. The van der Waals surface area contributed by atoms with Gasteiger partial charge in [-0.2, -0.15) is 0 Å². The summed E-state index contributed by atoms with van der Waals surface area (Å²) in [6, 6.07) is 9.39. The molecule has 1 amide bonds. The topological polar surface area (TPSA) is 88.5 Å². The predicted octanol–water partition coefficient (Wildman–Crippen LogP) is 2.60. The maximum atomic E-state index is 13.4. The first-order chi connectivity index (χ1) is 16.4. The highest BCUT2D eigenvalue weighted by Crippen LogP contribution is 2.41. The van der Waals surface area contributed by atoms with Gasteiger partial charge in [0, 0.05) is 31.7 Å². The van der Waals surface area contributed by atoms with Crippen molar-refractivity contribution < 1.29 is 33.3 Å². The molecule has 1 atom stereocenters. The average Bonchev–Trinajstić information content (AvgIpc) is 3.12. The van der Waals surface area contributed by atoms with Crippen LogP contribution in [0.2, 0.25) is 0 Å². The molecule has 34 heavy (non-hydrogen) atoms. The number of benzene rings is 2. The molecule has 8 nitrogen and oxygen atoms in total. The predicted molar refractivity (Wildman–Crippen MR) is 122 cm³/mol. The average molecular weight is 470 g/mol. The van der Waals surface area contributed by atoms with Gasteiger partial charge in [0.15, 0.2) is 11.5 Å².